The van der Waals surface area contributed by atoms with Crippen LogP contribution in [0.4, 0.5) is 4.79 Å². The SMILES string of the molecule is C[C@@H](OCC1CCCCC1)C1CN1C(=O)O. The van der Waals surface area contributed by atoms with E-state index in [2.05, 4.69) is 0 Å². The van der Waals surface area contributed by atoms with Gasteiger partial charge in [-0.05, 0) is 25.7 Å². The van der Waals surface area contributed by atoms with E-state index >= 15 is 0 Å². The van der Waals surface area contributed by atoms with Crippen molar-refractivity contribution in [2.75, 3.05) is 13.2 Å². The third kappa shape index (κ3) is 2.88. The molecule has 0 aromatic heterocycles. The molecule has 0 radical (unpaired) electrons. The Labute approximate surface area is 96.6 Å². The normalized spacial score (nSPS) is 27.8. The Bertz CT molecular complexity index is 251. The van der Waals surface area contributed by atoms with Crippen molar-refractivity contribution in [3.05, 3.63) is 0 Å². The second-order valence-corrected chi connectivity index (χ2v) is 5.04. The minimum absolute atomic E-state index is 0.0537. The largest absolute Gasteiger partial charge is 0.465 e. The Morgan fingerprint density at radius 1 is 1.44 bits per heavy atom. The molecule has 1 aliphatic heterocycles. The molecule has 4 nitrogen and oxygen atoms in total. The Kier molecular flexibility index (Phi) is 3.69. The molecule has 0 aromatic carbocycles. The first-order valence-electron chi connectivity index (χ1n) is 6.29. The fourth-order valence-electron chi connectivity index (χ4n) is 2.53. The monoisotopic (exact) mass is 227 g/mol. The van der Waals surface area contributed by atoms with Gasteiger partial charge >= 0.3 is 6.09 Å². The zero-order valence-electron chi connectivity index (χ0n) is 9.89. The summed E-state index contributed by atoms with van der Waals surface area (Å²) in [5, 5.41) is 8.76. The van der Waals surface area contributed by atoms with Crippen molar-refractivity contribution < 1.29 is 14.6 Å². The molecule has 92 valence electrons. The van der Waals surface area contributed by atoms with Crippen LogP contribution in [0.15, 0.2) is 0 Å². The van der Waals surface area contributed by atoms with Gasteiger partial charge in [-0.2, -0.15) is 0 Å². The number of ether oxygens (including phenoxy) is 1. The van der Waals surface area contributed by atoms with Gasteiger partial charge in [-0.3, -0.25) is 4.90 Å². The molecule has 1 aliphatic carbocycles. The van der Waals surface area contributed by atoms with Gasteiger partial charge < -0.3 is 9.84 Å². The third-order valence-corrected chi connectivity index (χ3v) is 3.76. The summed E-state index contributed by atoms with van der Waals surface area (Å²) < 4.78 is 5.78. The average molecular weight is 227 g/mol. The summed E-state index contributed by atoms with van der Waals surface area (Å²) in [7, 11) is 0. The van der Waals surface area contributed by atoms with Crippen molar-refractivity contribution in [3.8, 4) is 0 Å². The van der Waals surface area contributed by atoms with Crippen molar-refractivity contribution in [2.24, 2.45) is 5.92 Å². The number of carboxylic acid groups (broad SMARTS) is 1. The molecule has 1 N–H and O–H groups in total. The van der Waals surface area contributed by atoms with Crippen molar-refractivity contribution in [3.63, 3.8) is 0 Å². The number of carbonyl (C=O) groups is 1. The molecule has 1 unspecified atom stereocenters. The molecule has 1 saturated heterocycles. The molecule has 1 heterocycles. The minimum atomic E-state index is -0.821. The van der Waals surface area contributed by atoms with E-state index in [4.69, 9.17) is 9.84 Å². The van der Waals surface area contributed by atoms with Gasteiger partial charge in [-0.25, -0.2) is 4.79 Å². The topological polar surface area (TPSA) is 49.5 Å². The number of rotatable bonds is 4. The van der Waals surface area contributed by atoms with Crippen LogP contribution in [0.3, 0.4) is 0 Å². The minimum Gasteiger partial charge on any atom is -0.465 e. The Morgan fingerprint density at radius 3 is 2.69 bits per heavy atom. The summed E-state index contributed by atoms with van der Waals surface area (Å²) in [6.45, 7) is 3.43. The molecular weight excluding hydrogens is 206 g/mol. The smallest absolute Gasteiger partial charge is 0.407 e. The standard InChI is InChI=1S/C12H21NO3/c1-9(11-7-13(11)12(14)15)16-8-10-5-3-2-4-6-10/h9-11H,2-8H2,1H3,(H,14,15)/t9-,11?,13?/m1/s1. The van der Waals surface area contributed by atoms with E-state index in [1.54, 1.807) is 0 Å². The third-order valence-electron chi connectivity index (χ3n) is 3.76. The van der Waals surface area contributed by atoms with Gasteiger partial charge in [0, 0.05) is 13.2 Å². The molecule has 2 fully saturated rings. The predicted octanol–water partition coefficient (Wildman–Crippen LogP) is 2.33. The van der Waals surface area contributed by atoms with Crippen LogP contribution in [-0.4, -0.2) is 41.4 Å². The van der Waals surface area contributed by atoms with Gasteiger partial charge in [0.05, 0.1) is 12.1 Å². The van der Waals surface area contributed by atoms with Gasteiger partial charge in [-0.15, -0.1) is 0 Å². The van der Waals surface area contributed by atoms with Crippen LogP contribution in [0.1, 0.15) is 39.0 Å². The van der Waals surface area contributed by atoms with E-state index in [1.165, 1.54) is 37.0 Å². The van der Waals surface area contributed by atoms with Gasteiger partial charge in [0.1, 0.15) is 0 Å². The zero-order valence-corrected chi connectivity index (χ0v) is 9.89. The van der Waals surface area contributed by atoms with Gasteiger partial charge in [-0.1, -0.05) is 19.3 Å². The molecule has 0 bridgehead atoms. The number of hydrogen-bond donors (Lipinski definition) is 1. The maximum Gasteiger partial charge on any atom is 0.407 e. The van der Waals surface area contributed by atoms with Crippen molar-refractivity contribution >= 4 is 6.09 Å². The number of nitrogens with zero attached hydrogens (tertiary/aromatic N) is 1. The lowest BCUT2D eigenvalue weighted by Gasteiger charge is -2.23. The van der Waals surface area contributed by atoms with E-state index in [0.29, 0.717) is 12.5 Å². The maximum absolute atomic E-state index is 10.7. The molecule has 0 aromatic rings. The van der Waals surface area contributed by atoms with Crippen LogP contribution >= 0.6 is 0 Å². The second kappa shape index (κ2) is 5.04. The fourth-order valence-corrected chi connectivity index (χ4v) is 2.53. The van der Waals surface area contributed by atoms with Crippen LogP contribution in [0.5, 0.6) is 0 Å². The maximum atomic E-state index is 10.7. The summed E-state index contributed by atoms with van der Waals surface area (Å²) in [6.07, 6.45) is 5.80. The van der Waals surface area contributed by atoms with Crippen molar-refractivity contribution in [1.82, 2.24) is 4.90 Å². The van der Waals surface area contributed by atoms with E-state index in [9.17, 15) is 4.79 Å². The van der Waals surface area contributed by atoms with Crippen LogP contribution in [0, 0.1) is 5.92 Å². The molecule has 4 heteroatoms. The molecular formula is C12H21NO3. The molecule has 16 heavy (non-hydrogen) atoms. The Balaban J connectivity index is 1.64. The highest BCUT2D eigenvalue weighted by atomic mass is 16.5. The summed E-state index contributed by atoms with van der Waals surface area (Å²) in [5.41, 5.74) is 0. The lowest BCUT2D eigenvalue weighted by atomic mass is 9.90. The zero-order chi connectivity index (χ0) is 11.5. The van der Waals surface area contributed by atoms with Crippen LogP contribution < -0.4 is 0 Å². The van der Waals surface area contributed by atoms with Crippen LogP contribution in [0.2, 0.25) is 0 Å². The second-order valence-electron chi connectivity index (χ2n) is 5.04. The molecule has 1 amide bonds. The van der Waals surface area contributed by atoms with Crippen molar-refractivity contribution in [2.45, 2.75) is 51.2 Å². The van der Waals surface area contributed by atoms with E-state index in [1.807, 2.05) is 6.92 Å². The highest BCUT2D eigenvalue weighted by molar-refractivity contribution is 5.68. The predicted molar refractivity (Wildman–Crippen MR) is 60.5 cm³/mol. The van der Waals surface area contributed by atoms with Gasteiger partial charge in [0.2, 0.25) is 0 Å². The van der Waals surface area contributed by atoms with Gasteiger partial charge in [0.25, 0.3) is 0 Å². The fraction of sp³-hybridized carbons (Fsp3) is 0.917. The van der Waals surface area contributed by atoms with Crippen molar-refractivity contribution in [1.29, 1.82) is 0 Å². The van der Waals surface area contributed by atoms with Crippen LogP contribution in [0.25, 0.3) is 0 Å². The van der Waals surface area contributed by atoms with E-state index < -0.39 is 6.09 Å². The Morgan fingerprint density at radius 2 is 2.12 bits per heavy atom. The molecule has 1 saturated carbocycles. The molecule has 2 aliphatic rings. The highest BCUT2D eigenvalue weighted by Gasteiger charge is 2.43. The average Bonchev–Trinajstić information content (AvgIpc) is 3.07. The molecule has 2 atom stereocenters. The Hall–Kier alpha value is -0.770. The summed E-state index contributed by atoms with van der Waals surface area (Å²) in [4.78, 5) is 12.1. The number of hydrogen-bond acceptors (Lipinski definition) is 2. The van der Waals surface area contributed by atoms with E-state index in [0.717, 1.165) is 6.61 Å². The highest BCUT2D eigenvalue weighted by Crippen LogP contribution is 2.27. The van der Waals surface area contributed by atoms with Gasteiger partial charge in [0.15, 0.2) is 0 Å². The van der Waals surface area contributed by atoms with Crippen LogP contribution in [-0.2, 0) is 4.74 Å². The first-order chi connectivity index (χ1) is 7.68. The number of amides is 1. The summed E-state index contributed by atoms with van der Waals surface area (Å²) in [6, 6.07) is 0.0982. The van der Waals surface area contributed by atoms with E-state index in [-0.39, 0.29) is 12.1 Å². The summed E-state index contributed by atoms with van der Waals surface area (Å²) >= 11 is 0. The molecule has 0 spiro atoms. The quantitative estimate of drug-likeness (QED) is 0.750. The first-order valence-corrected chi connectivity index (χ1v) is 6.29. The lowest BCUT2D eigenvalue weighted by molar-refractivity contribution is 0.0243. The summed E-state index contributed by atoms with van der Waals surface area (Å²) in [5.74, 6) is 0.702. The lowest BCUT2D eigenvalue weighted by Crippen LogP contribution is -2.25. The first kappa shape index (κ1) is 11.7. The molecule has 2 rings (SSSR count).